The van der Waals surface area contributed by atoms with E-state index >= 15 is 0 Å². The molecule has 0 aliphatic carbocycles. The molecule has 0 bridgehead atoms. The fourth-order valence-electron chi connectivity index (χ4n) is 2.63. The standard InChI is InChI=1S/C16H22Br2O3/c1-19-15-9-12(14(18)10-16(15)20-2)13(17)7-6-11-5-3-4-8-21-11/h9-11,13H,3-8H2,1-2H3. The van der Waals surface area contributed by atoms with E-state index in [0.717, 1.165) is 35.4 Å². The normalized spacial score (nSPS) is 20.1. The molecule has 1 saturated heterocycles. The lowest BCUT2D eigenvalue weighted by molar-refractivity contribution is 0.0101. The van der Waals surface area contributed by atoms with Crippen LogP contribution in [0.2, 0.25) is 0 Å². The quantitative estimate of drug-likeness (QED) is 0.587. The molecule has 21 heavy (non-hydrogen) atoms. The molecule has 0 aromatic heterocycles. The summed E-state index contributed by atoms with van der Waals surface area (Å²) in [5.41, 5.74) is 1.18. The molecule has 2 rings (SSSR count). The number of halogens is 2. The maximum atomic E-state index is 5.80. The summed E-state index contributed by atoms with van der Waals surface area (Å²) in [6.45, 7) is 0.914. The Balaban J connectivity index is 2.02. The van der Waals surface area contributed by atoms with Gasteiger partial charge in [-0.15, -0.1) is 0 Å². The van der Waals surface area contributed by atoms with Crippen molar-refractivity contribution in [2.45, 2.75) is 43.0 Å². The zero-order valence-electron chi connectivity index (χ0n) is 12.5. The van der Waals surface area contributed by atoms with Crippen molar-refractivity contribution in [3.8, 4) is 11.5 Å². The fourth-order valence-corrected chi connectivity index (χ4v) is 4.18. The van der Waals surface area contributed by atoms with Gasteiger partial charge >= 0.3 is 0 Å². The molecule has 2 atom stereocenters. The lowest BCUT2D eigenvalue weighted by atomic mass is 10.0. The monoisotopic (exact) mass is 420 g/mol. The highest BCUT2D eigenvalue weighted by atomic mass is 79.9. The van der Waals surface area contributed by atoms with Crippen molar-refractivity contribution in [1.29, 1.82) is 0 Å². The van der Waals surface area contributed by atoms with Crippen LogP contribution in [0.3, 0.4) is 0 Å². The number of methoxy groups -OCH3 is 2. The highest BCUT2D eigenvalue weighted by molar-refractivity contribution is 9.11. The molecule has 1 aromatic carbocycles. The largest absolute Gasteiger partial charge is 0.493 e. The van der Waals surface area contributed by atoms with E-state index in [2.05, 4.69) is 31.9 Å². The molecule has 1 aromatic rings. The third kappa shape index (κ3) is 4.60. The first kappa shape index (κ1) is 17.1. The van der Waals surface area contributed by atoms with Gasteiger partial charge < -0.3 is 14.2 Å². The summed E-state index contributed by atoms with van der Waals surface area (Å²) in [7, 11) is 3.31. The van der Waals surface area contributed by atoms with Gasteiger partial charge in [0.25, 0.3) is 0 Å². The first-order valence-electron chi connectivity index (χ1n) is 7.32. The van der Waals surface area contributed by atoms with Gasteiger partial charge in [0, 0.05) is 15.9 Å². The SMILES string of the molecule is COc1cc(Br)c(C(Br)CCC2CCCCO2)cc1OC. The zero-order chi connectivity index (χ0) is 15.2. The summed E-state index contributed by atoms with van der Waals surface area (Å²) in [5, 5.41) is 0. The van der Waals surface area contributed by atoms with Crippen molar-refractivity contribution in [2.24, 2.45) is 0 Å². The Morgan fingerprint density at radius 2 is 1.95 bits per heavy atom. The van der Waals surface area contributed by atoms with Crippen LogP contribution in [0.5, 0.6) is 11.5 Å². The Morgan fingerprint density at radius 3 is 2.57 bits per heavy atom. The Labute approximate surface area is 143 Å². The van der Waals surface area contributed by atoms with Gasteiger partial charge in [-0.25, -0.2) is 0 Å². The van der Waals surface area contributed by atoms with Crippen LogP contribution in [0.4, 0.5) is 0 Å². The summed E-state index contributed by atoms with van der Waals surface area (Å²) in [6.07, 6.45) is 6.22. The third-order valence-corrected chi connectivity index (χ3v) is 5.49. The summed E-state index contributed by atoms with van der Waals surface area (Å²) >= 11 is 7.41. The van der Waals surface area contributed by atoms with E-state index in [1.165, 1.54) is 24.8 Å². The van der Waals surface area contributed by atoms with Gasteiger partial charge in [0.05, 0.1) is 20.3 Å². The highest BCUT2D eigenvalue weighted by Gasteiger charge is 2.19. The third-order valence-electron chi connectivity index (χ3n) is 3.86. The van der Waals surface area contributed by atoms with Gasteiger partial charge in [0.2, 0.25) is 0 Å². The molecular weight excluding hydrogens is 400 g/mol. The second-order valence-corrected chi connectivity index (χ2v) is 7.22. The van der Waals surface area contributed by atoms with Crippen LogP contribution in [0.15, 0.2) is 16.6 Å². The molecule has 0 saturated carbocycles. The molecule has 2 unspecified atom stereocenters. The predicted octanol–water partition coefficient (Wildman–Crippen LogP) is 5.25. The molecule has 118 valence electrons. The average molecular weight is 422 g/mol. The van der Waals surface area contributed by atoms with E-state index in [-0.39, 0.29) is 4.83 Å². The number of hydrogen-bond acceptors (Lipinski definition) is 3. The summed E-state index contributed by atoms with van der Waals surface area (Å²) in [4.78, 5) is 0.275. The molecule has 1 aliphatic rings. The van der Waals surface area contributed by atoms with Gasteiger partial charge in [0.1, 0.15) is 0 Å². The molecule has 1 fully saturated rings. The van der Waals surface area contributed by atoms with Crippen molar-refractivity contribution in [3.05, 3.63) is 22.2 Å². The van der Waals surface area contributed by atoms with Crippen LogP contribution in [-0.2, 0) is 4.74 Å². The van der Waals surface area contributed by atoms with Crippen molar-refractivity contribution in [1.82, 2.24) is 0 Å². The molecular formula is C16H22Br2O3. The van der Waals surface area contributed by atoms with E-state index < -0.39 is 0 Å². The Hall–Kier alpha value is -0.260. The van der Waals surface area contributed by atoms with Gasteiger partial charge in [-0.3, -0.25) is 0 Å². The molecule has 0 spiro atoms. The van der Waals surface area contributed by atoms with Crippen molar-refractivity contribution in [3.63, 3.8) is 0 Å². The van der Waals surface area contributed by atoms with Crippen molar-refractivity contribution in [2.75, 3.05) is 20.8 Å². The minimum absolute atomic E-state index is 0.275. The van der Waals surface area contributed by atoms with E-state index in [4.69, 9.17) is 14.2 Å². The Kier molecular flexibility index (Phi) is 6.83. The number of alkyl halides is 1. The van der Waals surface area contributed by atoms with Gasteiger partial charge in [0.15, 0.2) is 11.5 Å². The summed E-state index contributed by atoms with van der Waals surface area (Å²) < 4.78 is 17.5. The van der Waals surface area contributed by atoms with E-state index in [9.17, 15) is 0 Å². The molecule has 3 nitrogen and oxygen atoms in total. The second kappa shape index (κ2) is 8.39. The van der Waals surface area contributed by atoms with Crippen LogP contribution in [0, 0.1) is 0 Å². The van der Waals surface area contributed by atoms with Crippen LogP contribution >= 0.6 is 31.9 Å². The van der Waals surface area contributed by atoms with Crippen LogP contribution < -0.4 is 9.47 Å². The van der Waals surface area contributed by atoms with Gasteiger partial charge in [-0.1, -0.05) is 31.9 Å². The van der Waals surface area contributed by atoms with Crippen LogP contribution in [0.1, 0.15) is 42.5 Å². The number of ether oxygens (including phenoxy) is 3. The molecule has 1 heterocycles. The highest BCUT2D eigenvalue weighted by Crippen LogP contribution is 2.40. The van der Waals surface area contributed by atoms with E-state index in [1.807, 2.05) is 12.1 Å². The smallest absolute Gasteiger partial charge is 0.161 e. The molecule has 5 heteroatoms. The number of benzene rings is 1. The van der Waals surface area contributed by atoms with Crippen molar-refractivity contribution < 1.29 is 14.2 Å². The van der Waals surface area contributed by atoms with Crippen LogP contribution in [0.25, 0.3) is 0 Å². The molecule has 0 N–H and O–H groups in total. The maximum absolute atomic E-state index is 5.80. The van der Waals surface area contributed by atoms with Gasteiger partial charge in [-0.2, -0.15) is 0 Å². The van der Waals surface area contributed by atoms with E-state index in [0.29, 0.717) is 6.10 Å². The van der Waals surface area contributed by atoms with Gasteiger partial charge in [-0.05, 0) is 49.8 Å². The van der Waals surface area contributed by atoms with Crippen LogP contribution in [-0.4, -0.2) is 26.9 Å². The first-order valence-corrected chi connectivity index (χ1v) is 9.03. The minimum atomic E-state index is 0.275. The van der Waals surface area contributed by atoms with E-state index in [1.54, 1.807) is 14.2 Å². The second-order valence-electron chi connectivity index (χ2n) is 5.26. The summed E-state index contributed by atoms with van der Waals surface area (Å²) in [6, 6.07) is 3.99. The average Bonchev–Trinajstić information content (AvgIpc) is 2.53. The molecule has 0 amide bonds. The molecule has 1 aliphatic heterocycles. The Bertz CT molecular complexity index is 459. The lowest BCUT2D eigenvalue weighted by Gasteiger charge is -2.24. The Morgan fingerprint density at radius 1 is 1.24 bits per heavy atom. The minimum Gasteiger partial charge on any atom is -0.493 e. The molecule has 0 radical (unpaired) electrons. The number of hydrogen-bond donors (Lipinski definition) is 0. The fraction of sp³-hybridized carbons (Fsp3) is 0.625. The number of rotatable bonds is 6. The maximum Gasteiger partial charge on any atom is 0.161 e. The topological polar surface area (TPSA) is 27.7 Å². The summed E-state index contributed by atoms with van der Waals surface area (Å²) in [5.74, 6) is 1.50. The predicted molar refractivity (Wildman–Crippen MR) is 91.7 cm³/mol. The lowest BCUT2D eigenvalue weighted by Crippen LogP contribution is -2.19. The zero-order valence-corrected chi connectivity index (χ0v) is 15.7. The van der Waals surface area contributed by atoms with Crippen molar-refractivity contribution >= 4 is 31.9 Å². The first-order chi connectivity index (χ1) is 10.2.